The van der Waals surface area contributed by atoms with E-state index in [1.54, 1.807) is 0 Å². The lowest BCUT2D eigenvalue weighted by molar-refractivity contribution is -0.119. The van der Waals surface area contributed by atoms with Crippen LogP contribution in [0.2, 0.25) is 0 Å². The molecule has 2 unspecified atom stereocenters. The molecule has 3 heteroatoms. The standard InChI is InChI=1S/C17H26N2O/c1-13(9-10-18)7-8-17(20)19-12-14(2)11-15-5-3-4-6-16(15)19/h3-6,13-14H,7-12,18H2,1-2H3. The summed E-state index contributed by atoms with van der Waals surface area (Å²) in [6, 6.07) is 8.29. The number of nitrogens with zero attached hydrogens (tertiary/aromatic N) is 1. The van der Waals surface area contributed by atoms with Gasteiger partial charge in [-0.1, -0.05) is 32.0 Å². The van der Waals surface area contributed by atoms with Crippen molar-refractivity contribution in [3.63, 3.8) is 0 Å². The van der Waals surface area contributed by atoms with Gasteiger partial charge in [-0.25, -0.2) is 0 Å². The lowest BCUT2D eigenvalue weighted by Gasteiger charge is -2.33. The van der Waals surface area contributed by atoms with E-state index in [9.17, 15) is 4.79 Å². The Labute approximate surface area is 122 Å². The van der Waals surface area contributed by atoms with E-state index in [1.165, 1.54) is 5.56 Å². The maximum absolute atomic E-state index is 12.5. The summed E-state index contributed by atoms with van der Waals surface area (Å²) in [7, 11) is 0. The van der Waals surface area contributed by atoms with Crippen molar-refractivity contribution in [2.75, 3.05) is 18.0 Å². The van der Waals surface area contributed by atoms with Crippen LogP contribution in [0.4, 0.5) is 5.69 Å². The first-order chi connectivity index (χ1) is 9.61. The van der Waals surface area contributed by atoms with Crippen LogP contribution in [0, 0.1) is 11.8 Å². The predicted molar refractivity (Wildman–Crippen MR) is 83.7 cm³/mol. The van der Waals surface area contributed by atoms with E-state index in [-0.39, 0.29) is 5.91 Å². The van der Waals surface area contributed by atoms with Gasteiger partial charge in [-0.3, -0.25) is 4.79 Å². The van der Waals surface area contributed by atoms with E-state index in [0.717, 1.165) is 31.5 Å². The molecule has 0 aliphatic carbocycles. The molecule has 0 radical (unpaired) electrons. The second-order valence-corrected chi connectivity index (χ2v) is 6.16. The summed E-state index contributed by atoms with van der Waals surface area (Å²) in [6.45, 7) is 5.94. The first kappa shape index (κ1) is 15.0. The Kier molecular flexibility index (Phi) is 5.18. The van der Waals surface area contributed by atoms with Crippen LogP contribution in [-0.2, 0) is 11.2 Å². The van der Waals surface area contributed by atoms with Crippen LogP contribution in [0.25, 0.3) is 0 Å². The fourth-order valence-corrected chi connectivity index (χ4v) is 2.97. The van der Waals surface area contributed by atoms with Crippen molar-refractivity contribution in [1.29, 1.82) is 0 Å². The molecule has 0 saturated heterocycles. The molecule has 1 aromatic carbocycles. The van der Waals surface area contributed by atoms with Gasteiger partial charge in [-0.05, 0) is 49.3 Å². The van der Waals surface area contributed by atoms with Gasteiger partial charge in [-0.15, -0.1) is 0 Å². The molecule has 110 valence electrons. The summed E-state index contributed by atoms with van der Waals surface area (Å²) in [5, 5.41) is 0. The van der Waals surface area contributed by atoms with Gasteiger partial charge in [0.2, 0.25) is 5.91 Å². The minimum Gasteiger partial charge on any atom is -0.330 e. The number of hydrogen-bond acceptors (Lipinski definition) is 2. The number of amides is 1. The largest absolute Gasteiger partial charge is 0.330 e. The Balaban J connectivity index is 2.03. The molecule has 1 aliphatic heterocycles. The number of benzene rings is 1. The van der Waals surface area contributed by atoms with Crippen LogP contribution in [-0.4, -0.2) is 19.0 Å². The first-order valence-corrected chi connectivity index (χ1v) is 7.70. The number of carbonyl (C=O) groups is 1. The van der Waals surface area contributed by atoms with Crippen molar-refractivity contribution < 1.29 is 4.79 Å². The fourth-order valence-electron chi connectivity index (χ4n) is 2.97. The molecule has 1 aliphatic rings. The molecule has 0 spiro atoms. The van der Waals surface area contributed by atoms with E-state index < -0.39 is 0 Å². The molecular weight excluding hydrogens is 248 g/mol. The van der Waals surface area contributed by atoms with Crippen LogP contribution in [0.15, 0.2) is 24.3 Å². The van der Waals surface area contributed by atoms with Gasteiger partial charge >= 0.3 is 0 Å². The summed E-state index contributed by atoms with van der Waals surface area (Å²) >= 11 is 0. The molecule has 0 saturated carbocycles. The predicted octanol–water partition coefficient (Wildman–Crippen LogP) is 2.98. The van der Waals surface area contributed by atoms with Gasteiger partial charge in [0.15, 0.2) is 0 Å². The smallest absolute Gasteiger partial charge is 0.227 e. The summed E-state index contributed by atoms with van der Waals surface area (Å²) < 4.78 is 0. The maximum atomic E-state index is 12.5. The zero-order valence-electron chi connectivity index (χ0n) is 12.6. The summed E-state index contributed by atoms with van der Waals surface area (Å²) in [4.78, 5) is 14.5. The van der Waals surface area contributed by atoms with Gasteiger partial charge in [0, 0.05) is 18.7 Å². The van der Waals surface area contributed by atoms with E-state index in [4.69, 9.17) is 5.73 Å². The third kappa shape index (κ3) is 3.60. The normalized spacial score (nSPS) is 19.6. The van der Waals surface area contributed by atoms with Gasteiger partial charge in [-0.2, -0.15) is 0 Å². The molecule has 20 heavy (non-hydrogen) atoms. The van der Waals surface area contributed by atoms with E-state index in [0.29, 0.717) is 24.8 Å². The maximum Gasteiger partial charge on any atom is 0.227 e. The molecule has 1 aromatic rings. The first-order valence-electron chi connectivity index (χ1n) is 7.70. The average Bonchev–Trinajstić information content (AvgIpc) is 2.44. The van der Waals surface area contributed by atoms with Crippen molar-refractivity contribution in [3.05, 3.63) is 29.8 Å². The monoisotopic (exact) mass is 274 g/mol. The zero-order chi connectivity index (χ0) is 14.5. The number of hydrogen-bond donors (Lipinski definition) is 1. The minimum absolute atomic E-state index is 0.257. The van der Waals surface area contributed by atoms with Crippen LogP contribution < -0.4 is 10.6 Å². The molecule has 2 N–H and O–H groups in total. The van der Waals surface area contributed by atoms with Crippen molar-refractivity contribution >= 4 is 11.6 Å². The number of nitrogens with two attached hydrogens (primary N) is 1. The highest BCUT2D eigenvalue weighted by molar-refractivity contribution is 5.94. The van der Waals surface area contributed by atoms with Crippen molar-refractivity contribution in [2.45, 2.75) is 39.5 Å². The quantitative estimate of drug-likeness (QED) is 0.897. The Morgan fingerprint density at radius 3 is 2.90 bits per heavy atom. The Hall–Kier alpha value is -1.35. The average molecular weight is 274 g/mol. The van der Waals surface area contributed by atoms with Crippen LogP contribution in [0.1, 0.15) is 38.7 Å². The molecule has 2 rings (SSSR count). The lowest BCUT2D eigenvalue weighted by Crippen LogP contribution is -2.39. The SMILES string of the molecule is CC(CCN)CCC(=O)N1CC(C)Cc2ccccc21. The molecule has 3 nitrogen and oxygen atoms in total. The second-order valence-electron chi connectivity index (χ2n) is 6.16. The highest BCUT2D eigenvalue weighted by Gasteiger charge is 2.25. The molecular formula is C17H26N2O. The summed E-state index contributed by atoms with van der Waals surface area (Å²) in [5.41, 5.74) is 7.98. The Morgan fingerprint density at radius 1 is 1.40 bits per heavy atom. The number of rotatable bonds is 5. The number of fused-ring (bicyclic) bond motifs is 1. The van der Waals surface area contributed by atoms with Gasteiger partial charge in [0.05, 0.1) is 0 Å². The molecule has 2 atom stereocenters. The van der Waals surface area contributed by atoms with E-state index in [1.807, 2.05) is 11.0 Å². The van der Waals surface area contributed by atoms with E-state index in [2.05, 4.69) is 32.0 Å². The molecule has 1 amide bonds. The van der Waals surface area contributed by atoms with Crippen LogP contribution in [0.3, 0.4) is 0 Å². The zero-order valence-corrected chi connectivity index (χ0v) is 12.6. The summed E-state index contributed by atoms with van der Waals surface area (Å²) in [5.74, 6) is 1.32. The van der Waals surface area contributed by atoms with Crippen molar-refractivity contribution in [1.82, 2.24) is 0 Å². The number of anilines is 1. The van der Waals surface area contributed by atoms with Crippen LogP contribution >= 0.6 is 0 Å². The Bertz CT molecular complexity index is 458. The topological polar surface area (TPSA) is 46.3 Å². The van der Waals surface area contributed by atoms with Crippen molar-refractivity contribution in [2.24, 2.45) is 17.6 Å². The minimum atomic E-state index is 0.257. The number of carbonyl (C=O) groups excluding carboxylic acids is 1. The van der Waals surface area contributed by atoms with Crippen LogP contribution in [0.5, 0.6) is 0 Å². The van der Waals surface area contributed by atoms with Gasteiger partial charge < -0.3 is 10.6 Å². The number of para-hydroxylation sites is 1. The third-order valence-electron chi connectivity index (χ3n) is 4.16. The second kappa shape index (κ2) is 6.89. The summed E-state index contributed by atoms with van der Waals surface area (Å²) in [6.07, 6.45) is 3.63. The van der Waals surface area contributed by atoms with E-state index >= 15 is 0 Å². The lowest BCUT2D eigenvalue weighted by atomic mass is 9.93. The van der Waals surface area contributed by atoms with Crippen molar-refractivity contribution in [3.8, 4) is 0 Å². The highest BCUT2D eigenvalue weighted by Crippen LogP contribution is 2.30. The molecule has 1 heterocycles. The highest BCUT2D eigenvalue weighted by atomic mass is 16.2. The fraction of sp³-hybridized carbons (Fsp3) is 0.588. The third-order valence-corrected chi connectivity index (χ3v) is 4.16. The van der Waals surface area contributed by atoms with Gasteiger partial charge in [0.25, 0.3) is 0 Å². The van der Waals surface area contributed by atoms with Gasteiger partial charge in [0.1, 0.15) is 0 Å². The molecule has 0 fully saturated rings. The molecule has 0 aromatic heterocycles. The molecule has 0 bridgehead atoms. The Morgan fingerprint density at radius 2 is 2.15 bits per heavy atom.